The van der Waals surface area contributed by atoms with Crippen LogP contribution in [0.25, 0.3) is 0 Å². The van der Waals surface area contributed by atoms with Crippen LogP contribution in [0.2, 0.25) is 5.02 Å². The van der Waals surface area contributed by atoms with Gasteiger partial charge in [-0.3, -0.25) is 4.79 Å². The summed E-state index contributed by atoms with van der Waals surface area (Å²) in [6, 6.07) is 2.12. The molecule has 2 N–H and O–H groups in total. The lowest BCUT2D eigenvalue weighted by atomic mass is 10.1. The van der Waals surface area contributed by atoms with E-state index in [9.17, 15) is 17.6 Å². The molecule has 2 atom stereocenters. The van der Waals surface area contributed by atoms with Crippen molar-refractivity contribution in [3.63, 3.8) is 0 Å². The number of thiazole rings is 1. The first-order chi connectivity index (χ1) is 14.2. The molecule has 2 unspecified atom stereocenters. The Labute approximate surface area is 190 Å². The molecule has 31 heavy (non-hydrogen) atoms. The monoisotopic (exact) mass is 492 g/mol. The van der Waals surface area contributed by atoms with E-state index in [0.29, 0.717) is 5.01 Å². The molecule has 1 amide bonds. The molecule has 0 aliphatic carbocycles. The van der Waals surface area contributed by atoms with Crippen LogP contribution in [0.15, 0.2) is 29.8 Å². The lowest BCUT2D eigenvalue weighted by molar-refractivity contribution is -0.120. The summed E-state index contributed by atoms with van der Waals surface area (Å²) in [7, 11) is -3.97. The van der Waals surface area contributed by atoms with E-state index in [1.165, 1.54) is 23.5 Å². The van der Waals surface area contributed by atoms with Gasteiger partial charge in [0, 0.05) is 23.8 Å². The van der Waals surface area contributed by atoms with Gasteiger partial charge < -0.3 is 10.1 Å². The third-order valence-corrected chi connectivity index (χ3v) is 7.22. The Morgan fingerprint density at radius 3 is 2.84 bits per heavy atom. The van der Waals surface area contributed by atoms with E-state index in [-0.39, 0.29) is 43.8 Å². The van der Waals surface area contributed by atoms with Crippen LogP contribution in [0.3, 0.4) is 0 Å². The predicted octanol–water partition coefficient (Wildman–Crippen LogP) is 3.59. The summed E-state index contributed by atoms with van der Waals surface area (Å²) >= 11 is 7.08. The van der Waals surface area contributed by atoms with Gasteiger partial charge >= 0.3 is 0 Å². The number of benzene rings is 1. The maximum Gasteiger partial charge on any atom is 0.280 e. The first kappa shape index (κ1) is 25.6. The van der Waals surface area contributed by atoms with Gasteiger partial charge in [0.25, 0.3) is 10.2 Å². The first-order valence-electron chi connectivity index (χ1n) is 9.23. The van der Waals surface area contributed by atoms with Crippen molar-refractivity contribution in [2.75, 3.05) is 18.5 Å². The number of rotatable bonds is 7. The molecule has 2 heterocycles. The van der Waals surface area contributed by atoms with Gasteiger partial charge in [-0.25, -0.2) is 9.37 Å². The highest BCUT2D eigenvalue weighted by Crippen LogP contribution is 2.30. The molecule has 8 nitrogen and oxygen atoms in total. The number of aromatic nitrogens is 1. The van der Waals surface area contributed by atoms with Gasteiger partial charge in [0.15, 0.2) is 0 Å². The van der Waals surface area contributed by atoms with E-state index >= 15 is 0 Å². The minimum atomic E-state index is -3.97. The van der Waals surface area contributed by atoms with E-state index in [4.69, 9.17) is 16.3 Å². The third-order valence-electron chi connectivity index (χ3n) is 4.41. The van der Waals surface area contributed by atoms with Crippen molar-refractivity contribution in [3.8, 4) is 0 Å². The van der Waals surface area contributed by atoms with Crippen molar-refractivity contribution < 1.29 is 22.3 Å². The topological polar surface area (TPSA) is 101 Å². The third kappa shape index (κ3) is 6.43. The number of nitrogens with zero attached hydrogens (tertiary/aromatic N) is 2. The van der Waals surface area contributed by atoms with Crippen molar-refractivity contribution in [3.05, 3.63) is 45.6 Å². The summed E-state index contributed by atoms with van der Waals surface area (Å²) in [5, 5.41) is 4.79. The van der Waals surface area contributed by atoms with Gasteiger partial charge in [0.1, 0.15) is 16.9 Å². The van der Waals surface area contributed by atoms with Crippen LogP contribution < -0.4 is 10.0 Å². The van der Waals surface area contributed by atoms with Crippen LogP contribution in [-0.2, 0) is 19.7 Å². The van der Waals surface area contributed by atoms with Gasteiger partial charge in [0.05, 0.1) is 23.8 Å². The number of ether oxygens (including phenoxy) is 1. The molecular formula is C19H26ClFN4O4S2. The highest BCUT2D eigenvalue weighted by molar-refractivity contribution is 7.87. The fraction of sp³-hybridized carbons (Fsp3) is 0.474. The van der Waals surface area contributed by atoms with Crippen LogP contribution in [0.1, 0.15) is 38.7 Å². The van der Waals surface area contributed by atoms with Gasteiger partial charge in [-0.1, -0.05) is 19.0 Å². The van der Waals surface area contributed by atoms with Crippen LogP contribution in [-0.4, -0.2) is 48.9 Å². The highest BCUT2D eigenvalue weighted by Gasteiger charge is 2.43. The number of amides is 1. The Morgan fingerprint density at radius 1 is 1.48 bits per heavy atom. The Hall–Kier alpha value is -1.63. The van der Waals surface area contributed by atoms with Crippen molar-refractivity contribution in [2.24, 2.45) is 0 Å². The lowest BCUT2D eigenvalue weighted by Crippen LogP contribution is -2.58. The second-order valence-corrected chi connectivity index (χ2v) is 9.93. The van der Waals surface area contributed by atoms with E-state index in [0.717, 1.165) is 10.4 Å². The molecule has 1 aromatic heterocycles. The Morgan fingerprint density at radius 2 is 2.23 bits per heavy atom. The molecule has 1 fully saturated rings. The number of carbonyl (C=O) groups excluding carboxylic acids is 1. The van der Waals surface area contributed by atoms with Crippen molar-refractivity contribution in [1.29, 1.82) is 0 Å². The van der Waals surface area contributed by atoms with Gasteiger partial charge in [-0.05, 0) is 38.5 Å². The molecule has 0 bridgehead atoms. The molecule has 1 aromatic carbocycles. The zero-order valence-electron chi connectivity index (χ0n) is 16.3. The molecule has 0 saturated carbocycles. The van der Waals surface area contributed by atoms with Crippen LogP contribution >= 0.6 is 22.9 Å². The highest BCUT2D eigenvalue weighted by atomic mass is 35.5. The molecular weight excluding hydrogens is 467 g/mol. The fourth-order valence-electron chi connectivity index (χ4n) is 3.05. The van der Waals surface area contributed by atoms with Crippen molar-refractivity contribution in [2.45, 2.75) is 45.9 Å². The first-order valence-corrected chi connectivity index (χ1v) is 11.9. The maximum absolute atomic E-state index is 13.4. The zero-order valence-corrected chi connectivity index (χ0v) is 18.7. The lowest BCUT2D eigenvalue weighted by Gasteiger charge is -2.37. The minimum Gasteiger partial charge on any atom is -0.377 e. The van der Waals surface area contributed by atoms with Crippen LogP contribution in [0, 0.1) is 5.82 Å². The average Bonchev–Trinajstić information content (AvgIpc) is 3.20. The number of anilines is 1. The quantitative estimate of drug-likeness (QED) is 0.615. The zero-order chi connectivity index (χ0) is 21.9. The summed E-state index contributed by atoms with van der Waals surface area (Å²) in [6.07, 6.45) is 1.67. The standard InChI is InChI=1S/C18H22ClFN4O4S2.CH4/c1-11(2)28-7-6-24-16(17(25)22-12-3-4-14(20)13(19)9-12)10-15(23-30(24,26)27)18-21-5-8-29-18;/h3-5,8-9,11,15-16,23H,6-7,10H2,1-2H3,(H,22,25);1H4. The molecule has 2 aromatic rings. The summed E-state index contributed by atoms with van der Waals surface area (Å²) in [5.74, 6) is -1.16. The molecule has 0 spiro atoms. The number of hydrogen-bond donors (Lipinski definition) is 2. The Balaban J connectivity index is 0.00000341. The average molecular weight is 493 g/mol. The van der Waals surface area contributed by atoms with E-state index < -0.39 is 34.0 Å². The Bertz CT molecular complexity index is 989. The second kappa shape index (κ2) is 10.8. The summed E-state index contributed by atoms with van der Waals surface area (Å²) in [5.41, 5.74) is 0.270. The van der Waals surface area contributed by atoms with Crippen molar-refractivity contribution in [1.82, 2.24) is 14.0 Å². The molecule has 1 saturated heterocycles. The normalized spacial score (nSPS) is 20.9. The Kier molecular flexibility index (Phi) is 8.92. The minimum absolute atomic E-state index is 0. The summed E-state index contributed by atoms with van der Waals surface area (Å²) in [6.45, 7) is 3.81. The summed E-state index contributed by atoms with van der Waals surface area (Å²) in [4.78, 5) is 17.2. The van der Waals surface area contributed by atoms with Crippen molar-refractivity contribution >= 4 is 44.7 Å². The molecule has 1 aliphatic heterocycles. The number of carbonyl (C=O) groups is 1. The smallest absolute Gasteiger partial charge is 0.280 e. The number of hydrogen-bond acceptors (Lipinski definition) is 6. The van der Waals surface area contributed by atoms with Gasteiger partial charge in [-0.2, -0.15) is 17.4 Å². The fourth-order valence-corrected chi connectivity index (χ4v) is 5.55. The second-order valence-electron chi connectivity index (χ2n) is 6.95. The van der Waals surface area contributed by atoms with Crippen LogP contribution in [0.5, 0.6) is 0 Å². The molecule has 172 valence electrons. The van der Waals surface area contributed by atoms with Gasteiger partial charge in [0.2, 0.25) is 5.91 Å². The number of nitrogens with one attached hydrogen (secondary N) is 2. The SMILES string of the molecule is C.CC(C)OCCN1C(C(=O)Nc2ccc(F)c(Cl)c2)CC(c2nccs2)NS1(=O)=O. The number of halogens is 2. The molecule has 1 aliphatic rings. The van der Waals surface area contributed by atoms with E-state index in [1.807, 2.05) is 13.8 Å². The predicted molar refractivity (Wildman–Crippen MR) is 120 cm³/mol. The molecule has 12 heteroatoms. The summed E-state index contributed by atoms with van der Waals surface area (Å²) < 4.78 is 48.4. The largest absolute Gasteiger partial charge is 0.377 e. The van der Waals surface area contributed by atoms with Gasteiger partial charge in [-0.15, -0.1) is 11.3 Å². The van der Waals surface area contributed by atoms with E-state index in [2.05, 4.69) is 15.0 Å². The molecule has 0 radical (unpaired) electrons. The maximum atomic E-state index is 13.4. The molecule has 3 rings (SSSR count). The van der Waals surface area contributed by atoms with Crippen LogP contribution in [0.4, 0.5) is 10.1 Å². The van der Waals surface area contributed by atoms with E-state index in [1.54, 1.807) is 11.6 Å².